The van der Waals surface area contributed by atoms with Crippen molar-refractivity contribution < 1.29 is 9.59 Å². The summed E-state index contributed by atoms with van der Waals surface area (Å²) in [5.74, 6) is 0.251. The highest BCUT2D eigenvalue weighted by Gasteiger charge is 2.13. The predicted octanol–water partition coefficient (Wildman–Crippen LogP) is 3.47. The van der Waals surface area contributed by atoms with Gasteiger partial charge in [-0.3, -0.25) is 9.59 Å². The molecular formula is C20H22N6O2S. The number of hydrogen-bond acceptors (Lipinski definition) is 6. The van der Waals surface area contributed by atoms with Crippen LogP contribution in [-0.4, -0.2) is 37.8 Å². The Morgan fingerprint density at radius 1 is 1.07 bits per heavy atom. The van der Waals surface area contributed by atoms with Crippen LogP contribution in [0.5, 0.6) is 0 Å². The van der Waals surface area contributed by atoms with E-state index < -0.39 is 0 Å². The summed E-state index contributed by atoms with van der Waals surface area (Å²) in [7, 11) is 0. The molecule has 0 unspecified atom stereocenters. The maximum absolute atomic E-state index is 12.4. The first-order valence-electron chi connectivity index (χ1n) is 9.11. The first-order chi connectivity index (χ1) is 13.9. The van der Waals surface area contributed by atoms with Crippen LogP contribution in [0.25, 0.3) is 5.69 Å². The van der Waals surface area contributed by atoms with Crippen LogP contribution < -0.4 is 10.6 Å². The van der Waals surface area contributed by atoms with Crippen molar-refractivity contribution in [3.8, 4) is 5.69 Å². The first-order valence-corrected chi connectivity index (χ1v) is 10.1. The predicted molar refractivity (Wildman–Crippen MR) is 113 cm³/mol. The second-order valence-electron chi connectivity index (χ2n) is 6.72. The van der Waals surface area contributed by atoms with Crippen LogP contribution in [0.1, 0.15) is 32.3 Å². The normalized spacial score (nSPS) is 10.8. The fourth-order valence-corrected chi connectivity index (χ4v) is 3.34. The lowest BCUT2D eigenvalue weighted by atomic mass is 10.0. The SMILES string of the molecule is CC(=O)Nc1cccc(-n2nnnc2SCC(=O)Nc2cccc(C(C)C)c2)c1. The van der Waals surface area contributed by atoms with Gasteiger partial charge in [0, 0.05) is 18.3 Å². The highest BCUT2D eigenvalue weighted by molar-refractivity contribution is 7.99. The number of tetrazole rings is 1. The fourth-order valence-electron chi connectivity index (χ4n) is 2.65. The van der Waals surface area contributed by atoms with Crippen molar-refractivity contribution in [2.45, 2.75) is 31.8 Å². The molecule has 0 aliphatic heterocycles. The summed E-state index contributed by atoms with van der Waals surface area (Å²) in [6.07, 6.45) is 0. The lowest BCUT2D eigenvalue weighted by Gasteiger charge is -2.10. The molecule has 1 heterocycles. The van der Waals surface area contributed by atoms with Crippen molar-refractivity contribution in [1.29, 1.82) is 0 Å². The van der Waals surface area contributed by atoms with E-state index in [0.29, 0.717) is 22.4 Å². The van der Waals surface area contributed by atoms with E-state index in [-0.39, 0.29) is 17.6 Å². The van der Waals surface area contributed by atoms with Gasteiger partial charge in [-0.1, -0.05) is 43.8 Å². The lowest BCUT2D eigenvalue weighted by molar-refractivity contribution is -0.114. The number of rotatable bonds is 7. The molecule has 2 aromatic carbocycles. The summed E-state index contributed by atoms with van der Waals surface area (Å²) in [5, 5.41) is 17.8. The zero-order chi connectivity index (χ0) is 20.8. The number of hydrogen-bond donors (Lipinski definition) is 2. The zero-order valence-corrected chi connectivity index (χ0v) is 17.2. The third-order valence-electron chi connectivity index (χ3n) is 4.02. The molecule has 0 bridgehead atoms. The van der Waals surface area contributed by atoms with Crippen molar-refractivity contribution in [3.05, 3.63) is 54.1 Å². The molecule has 0 saturated heterocycles. The van der Waals surface area contributed by atoms with Gasteiger partial charge in [-0.2, -0.15) is 4.68 Å². The number of amides is 2. The summed E-state index contributed by atoms with van der Waals surface area (Å²) < 4.78 is 1.53. The molecule has 0 aliphatic rings. The van der Waals surface area contributed by atoms with E-state index in [1.807, 2.05) is 30.3 Å². The van der Waals surface area contributed by atoms with Gasteiger partial charge in [0.05, 0.1) is 11.4 Å². The van der Waals surface area contributed by atoms with Gasteiger partial charge in [0.1, 0.15) is 0 Å². The molecule has 150 valence electrons. The minimum Gasteiger partial charge on any atom is -0.326 e. The van der Waals surface area contributed by atoms with E-state index in [1.165, 1.54) is 28.9 Å². The van der Waals surface area contributed by atoms with E-state index in [0.717, 1.165) is 5.69 Å². The molecule has 3 rings (SSSR count). The van der Waals surface area contributed by atoms with E-state index in [2.05, 4.69) is 40.0 Å². The van der Waals surface area contributed by atoms with Crippen LogP contribution in [0.4, 0.5) is 11.4 Å². The van der Waals surface area contributed by atoms with Crippen LogP contribution >= 0.6 is 11.8 Å². The maximum Gasteiger partial charge on any atom is 0.234 e. The topological polar surface area (TPSA) is 102 Å². The van der Waals surface area contributed by atoms with Gasteiger partial charge in [0.2, 0.25) is 17.0 Å². The number of carbonyl (C=O) groups is 2. The molecule has 0 saturated carbocycles. The molecule has 9 heteroatoms. The molecule has 2 amide bonds. The first kappa shape index (κ1) is 20.5. The molecule has 0 atom stereocenters. The van der Waals surface area contributed by atoms with Crippen LogP contribution in [0.15, 0.2) is 53.7 Å². The second-order valence-corrected chi connectivity index (χ2v) is 7.66. The fraction of sp³-hybridized carbons (Fsp3) is 0.250. The largest absolute Gasteiger partial charge is 0.326 e. The highest BCUT2D eigenvalue weighted by Crippen LogP contribution is 2.22. The Hall–Kier alpha value is -3.20. The second kappa shape index (κ2) is 9.33. The van der Waals surface area contributed by atoms with Crippen LogP contribution in [-0.2, 0) is 9.59 Å². The lowest BCUT2D eigenvalue weighted by Crippen LogP contribution is -2.15. The van der Waals surface area contributed by atoms with Gasteiger partial charge < -0.3 is 10.6 Å². The summed E-state index contributed by atoms with van der Waals surface area (Å²) >= 11 is 1.23. The number of anilines is 2. The number of benzene rings is 2. The smallest absolute Gasteiger partial charge is 0.234 e. The van der Waals surface area contributed by atoms with E-state index in [4.69, 9.17) is 0 Å². The van der Waals surface area contributed by atoms with Gasteiger partial charge in [0.25, 0.3) is 0 Å². The Kier molecular flexibility index (Phi) is 6.61. The summed E-state index contributed by atoms with van der Waals surface area (Å²) in [4.78, 5) is 23.6. The van der Waals surface area contributed by atoms with Crippen molar-refractivity contribution >= 4 is 35.0 Å². The monoisotopic (exact) mass is 410 g/mol. The minimum absolute atomic E-state index is 0.141. The quantitative estimate of drug-likeness (QED) is 0.578. The zero-order valence-electron chi connectivity index (χ0n) is 16.4. The number of aromatic nitrogens is 4. The van der Waals surface area contributed by atoms with Gasteiger partial charge in [0.15, 0.2) is 0 Å². The van der Waals surface area contributed by atoms with Gasteiger partial charge in [-0.25, -0.2) is 0 Å². The van der Waals surface area contributed by atoms with Gasteiger partial charge >= 0.3 is 0 Å². The van der Waals surface area contributed by atoms with Crippen LogP contribution in [0.3, 0.4) is 0 Å². The summed E-state index contributed by atoms with van der Waals surface area (Å²) in [6.45, 7) is 5.66. The standard InChI is InChI=1S/C20H22N6O2S/c1-13(2)15-6-4-7-16(10-15)22-19(28)12-29-20-23-24-25-26(20)18-9-5-8-17(11-18)21-14(3)27/h4-11,13H,12H2,1-3H3,(H,21,27)(H,22,28). The van der Waals surface area contributed by atoms with Crippen LogP contribution in [0.2, 0.25) is 0 Å². The Labute approximate surface area is 173 Å². The third-order valence-corrected chi connectivity index (χ3v) is 4.94. The molecular weight excluding hydrogens is 388 g/mol. The average molecular weight is 411 g/mol. The number of thioether (sulfide) groups is 1. The molecule has 29 heavy (non-hydrogen) atoms. The molecule has 0 fully saturated rings. The molecule has 3 aromatic rings. The van der Waals surface area contributed by atoms with E-state index >= 15 is 0 Å². The number of nitrogens with zero attached hydrogens (tertiary/aromatic N) is 4. The van der Waals surface area contributed by atoms with E-state index in [1.54, 1.807) is 18.2 Å². The van der Waals surface area contributed by atoms with Crippen molar-refractivity contribution in [1.82, 2.24) is 20.2 Å². The highest BCUT2D eigenvalue weighted by atomic mass is 32.2. The Balaban J connectivity index is 1.65. The van der Waals surface area contributed by atoms with Gasteiger partial charge in [-0.15, -0.1) is 5.10 Å². The van der Waals surface area contributed by atoms with Gasteiger partial charge in [-0.05, 0) is 52.2 Å². The van der Waals surface area contributed by atoms with Crippen molar-refractivity contribution in [2.24, 2.45) is 0 Å². The average Bonchev–Trinajstić information content (AvgIpc) is 3.15. The molecule has 8 nitrogen and oxygen atoms in total. The molecule has 0 aliphatic carbocycles. The van der Waals surface area contributed by atoms with Crippen molar-refractivity contribution in [3.63, 3.8) is 0 Å². The molecule has 0 radical (unpaired) electrons. The Morgan fingerprint density at radius 3 is 2.52 bits per heavy atom. The minimum atomic E-state index is -0.160. The summed E-state index contributed by atoms with van der Waals surface area (Å²) in [5.41, 5.74) is 3.26. The van der Waals surface area contributed by atoms with Crippen LogP contribution in [0, 0.1) is 0 Å². The van der Waals surface area contributed by atoms with Crippen molar-refractivity contribution in [2.75, 3.05) is 16.4 Å². The molecule has 0 spiro atoms. The number of nitrogens with one attached hydrogen (secondary N) is 2. The Morgan fingerprint density at radius 2 is 1.79 bits per heavy atom. The maximum atomic E-state index is 12.4. The molecule has 2 N–H and O–H groups in total. The third kappa shape index (κ3) is 5.64. The Bertz CT molecular complexity index is 1020. The van der Waals surface area contributed by atoms with E-state index in [9.17, 15) is 9.59 Å². The number of carbonyl (C=O) groups excluding carboxylic acids is 2. The molecule has 1 aromatic heterocycles. The summed E-state index contributed by atoms with van der Waals surface area (Å²) in [6, 6.07) is 15.0.